The number of aromatic nitrogens is 4. The Bertz CT molecular complexity index is 1270. The molecule has 4 rings (SSSR count). The fourth-order valence-electron chi connectivity index (χ4n) is 3.16. The molecular formula is C22H18Cl2FN5O2. The fourth-order valence-corrected chi connectivity index (χ4v) is 3.68. The van der Waals surface area contributed by atoms with Crippen LogP contribution in [-0.2, 0) is 6.54 Å². The summed E-state index contributed by atoms with van der Waals surface area (Å²) in [6.07, 6.45) is 0. The van der Waals surface area contributed by atoms with E-state index in [1.165, 1.54) is 16.8 Å². The number of carbonyl (C=O) groups is 1. The average molecular weight is 474 g/mol. The summed E-state index contributed by atoms with van der Waals surface area (Å²) >= 11 is 12.7. The zero-order valence-corrected chi connectivity index (χ0v) is 18.7. The molecule has 0 fully saturated rings. The second-order valence-corrected chi connectivity index (χ2v) is 7.92. The summed E-state index contributed by atoms with van der Waals surface area (Å²) in [6.45, 7) is 3.73. The largest absolute Gasteiger partial charge is 0.340 e. The normalized spacial score (nSPS) is 12.0. The van der Waals surface area contributed by atoms with Gasteiger partial charge in [0.05, 0.1) is 17.8 Å². The molecule has 10 heteroatoms. The number of nitrogens with one attached hydrogen (secondary N) is 1. The molecule has 32 heavy (non-hydrogen) atoms. The molecular weight excluding hydrogens is 456 g/mol. The molecule has 1 amide bonds. The van der Waals surface area contributed by atoms with E-state index in [4.69, 9.17) is 27.7 Å². The molecule has 0 aliphatic heterocycles. The molecule has 0 bridgehead atoms. The Balaban J connectivity index is 1.50. The lowest BCUT2D eigenvalue weighted by Gasteiger charge is -2.10. The molecule has 4 aromatic rings. The fraction of sp³-hybridized carbons (Fsp3) is 0.182. The molecule has 2 aromatic heterocycles. The minimum atomic E-state index is -0.591. The van der Waals surface area contributed by atoms with Gasteiger partial charge in [0.2, 0.25) is 11.7 Å². The van der Waals surface area contributed by atoms with E-state index in [2.05, 4.69) is 20.6 Å². The van der Waals surface area contributed by atoms with Gasteiger partial charge in [0.25, 0.3) is 5.91 Å². The Morgan fingerprint density at radius 3 is 2.62 bits per heavy atom. The van der Waals surface area contributed by atoms with Crippen molar-refractivity contribution in [3.05, 3.63) is 87.2 Å². The molecule has 1 N–H and O–H groups in total. The lowest BCUT2D eigenvalue weighted by Crippen LogP contribution is -2.27. The molecule has 2 heterocycles. The number of hydrogen-bond acceptors (Lipinski definition) is 5. The third kappa shape index (κ3) is 4.51. The summed E-state index contributed by atoms with van der Waals surface area (Å²) in [5.74, 6) is -0.287. The Hall–Kier alpha value is -3.23. The average Bonchev–Trinajstić information content (AvgIpc) is 3.35. The molecule has 1 atom stereocenters. The van der Waals surface area contributed by atoms with Crippen LogP contribution in [0.5, 0.6) is 0 Å². The highest BCUT2D eigenvalue weighted by molar-refractivity contribution is 6.33. The van der Waals surface area contributed by atoms with Gasteiger partial charge in [0.1, 0.15) is 17.0 Å². The molecule has 0 saturated heterocycles. The van der Waals surface area contributed by atoms with Crippen LogP contribution in [0, 0.1) is 12.7 Å². The van der Waals surface area contributed by atoms with Crippen LogP contribution >= 0.6 is 23.2 Å². The molecule has 0 spiro atoms. The number of halogens is 3. The summed E-state index contributed by atoms with van der Waals surface area (Å²) in [4.78, 5) is 17.2. The molecule has 0 aliphatic carbocycles. The summed E-state index contributed by atoms with van der Waals surface area (Å²) in [6, 6.07) is 12.5. The smallest absolute Gasteiger partial charge is 0.256 e. The maximum Gasteiger partial charge on any atom is 0.256 e. The van der Waals surface area contributed by atoms with Crippen LogP contribution in [0.25, 0.3) is 11.4 Å². The molecule has 0 saturated carbocycles. The summed E-state index contributed by atoms with van der Waals surface area (Å²) < 4.78 is 19.9. The van der Waals surface area contributed by atoms with E-state index in [0.717, 1.165) is 5.56 Å². The summed E-state index contributed by atoms with van der Waals surface area (Å²) in [5.41, 5.74) is 2.16. The lowest BCUT2D eigenvalue weighted by atomic mass is 10.2. The minimum absolute atomic E-state index is 0.199. The molecule has 164 valence electrons. The van der Waals surface area contributed by atoms with Gasteiger partial charge >= 0.3 is 0 Å². The molecule has 2 aromatic carbocycles. The van der Waals surface area contributed by atoms with Crippen molar-refractivity contribution < 1.29 is 13.7 Å². The quantitative estimate of drug-likeness (QED) is 0.414. The molecule has 7 nitrogen and oxygen atoms in total. The van der Waals surface area contributed by atoms with E-state index in [-0.39, 0.29) is 22.4 Å². The first-order chi connectivity index (χ1) is 15.3. The van der Waals surface area contributed by atoms with Gasteiger partial charge in [0, 0.05) is 10.6 Å². The highest BCUT2D eigenvalue weighted by Gasteiger charge is 2.24. The van der Waals surface area contributed by atoms with Crippen LogP contribution < -0.4 is 5.32 Å². The van der Waals surface area contributed by atoms with Gasteiger partial charge in [-0.05, 0) is 49.7 Å². The Labute approximate surface area is 193 Å². The van der Waals surface area contributed by atoms with Gasteiger partial charge in [-0.15, -0.1) is 0 Å². The number of hydrogen-bond donors (Lipinski definition) is 1. The highest BCUT2D eigenvalue weighted by Crippen LogP contribution is 2.25. The maximum atomic E-state index is 13.1. The zero-order chi connectivity index (χ0) is 22.8. The van der Waals surface area contributed by atoms with Crippen molar-refractivity contribution in [3.8, 4) is 11.4 Å². The van der Waals surface area contributed by atoms with Crippen molar-refractivity contribution in [2.24, 2.45) is 0 Å². The van der Waals surface area contributed by atoms with Crippen LogP contribution in [0.1, 0.15) is 40.5 Å². The first-order valence-electron chi connectivity index (χ1n) is 9.70. The van der Waals surface area contributed by atoms with Crippen molar-refractivity contribution in [2.75, 3.05) is 0 Å². The predicted molar refractivity (Wildman–Crippen MR) is 118 cm³/mol. The van der Waals surface area contributed by atoms with Crippen LogP contribution in [0.15, 0.2) is 53.1 Å². The Morgan fingerprint density at radius 2 is 1.91 bits per heavy atom. The Kier molecular flexibility index (Phi) is 6.25. The van der Waals surface area contributed by atoms with Crippen molar-refractivity contribution in [3.63, 3.8) is 0 Å². The highest BCUT2D eigenvalue weighted by atomic mass is 35.5. The van der Waals surface area contributed by atoms with Crippen LogP contribution in [0.4, 0.5) is 4.39 Å². The molecule has 0 aliphatic rings. The third-order valence-electron chi connectivity index (χ3n) is 4.83. The second-order valence-electron chi connectivity index (χ2n) is 7.16. The first-order valence-corrected chi connectivity index (χ1v) is 10.5. The second kappa shape index (κ2) is 9.10. The number of amides is 1. The van der Waals surface area contributed by atoms with E-state index < -0.39 is 11.9 Å². The zero-order valence-electron chi connectivity index (χ0n) is 17.1. The van der Waals surface area contributed by atoms with Gasteiger partial charge in [-0.25, -0.2) is 9.07 Å². The van der Waals surface area contributed by atoms with Crippen molar-refractivity contribution >= 4 is 29.1 Å². The van der Waals surface area contributed by atoms with E-state index in [1.807, 2.05) is 18.2 Å². The Morgan fingerprint density at radius 1 is 1.19 bits per heavy atom. The van der Waals surface area contributed by atoms with Gasteiger partial charge < -0.3 is 9.84 Å². The predicted octanol–water partition coefficient (Wildman–Crippen LogP) is 5.23. The van der Waals surface area contributed by atoms with E-state index in [0.29, 0.717) is 28.6 Å². The number of aryl methyl sites for hydroxylation is 1. The molecule has 1 unspecified atom stereocenters. The lowest BCUT2D eigenvalue weighted by molar-refractivity contribution is 0.0932. The SMILES string of the molecule is Cc1nn(Cc2ccccc2Cl)c(Cl)c1C(=O)NC(C)c1nc(-c2ccc(F)cc2)no1. The van der Waals surface area contributed by atoms with Gasteiger partial charge in [-0.3, -0.25) is 4.79 Å². The third-order valence-corrected chi connectivity index (χ3v) is 5.59. The minimum Gasteiger partial charge on any atom is -0.340 e. The van der Waals surface area contributed by atoms with E-state index in [1.54, 1.807) is 32.0 Å². The van der Waals surface area contributed by atoms with Crippen molar-refractivity contribution in [1.29, 1.82) is 0 Å². The number of carbonyl (C=O) groups excluding carboxylic acids is 1. The summed E-state index contributed by atoms with van der Waals surface area (Å²) in [5, 5.41) is 11.9. The standard InChI is InChI=1S/C22H18Cl2FN5O2/c1-12-18(19(24)30(28-12)11-15-5-3-4-6-17(15)23)21(31)26-13(2)22-27-20(29-32-22)14-7-9-16(25)10-8-14/h3-10,13H,11H2,1-2H3,(H,26,31). The van der Waals surface area contributed by atoms with Gasteiger partial charge in [-0.1, -0.05) is 46.6 Å². The summed E-state index contributed by atoms with van der Waals surface area (Å²) in [7, 11) is 0. The van der Waals surface area contributed by atoms with E-state index in [9.17, 15) is 9.18 Å². The van der Waals surface area contributed by atoms with E-state index >= 15 is 0 Å². The van der Waals surface area contributed by atoms with Crippen molar-refractivity contribution in [1.82, 2.24) is 25.2 Å². The van der Waals surface area contributed by atoms with Gasteiger partial charge in [0.15, 0.2) is 0 Å². The monoisotopic (exact) mass is 473 g/mol. The first kappa shape index (κ1) is 22.0. The number of benzene rings is 2. The number of rotatable bonds is 6. The van der Waals surface area contributed by atoms with Gasteiger partial charge in [-0.2, -0.15) is 10.1 Å². The van der Waals surface area contributed by atoms with Crippen LogP contribution in [0.3, 0.4) is 0 Å². The van der Waals surface area contributed by atoms with Crippen molar-refractivity contribution in [2.45, 2.75) is 26.4 Å². The topological polar surface area (TPSA) is 85.8 Å². The maximum absolute atomic E-state index is 13.1. The molecule has 0 radical (unpaired) electrons. The van der Waals surface area contributed by atoms with Crippen LogP contribution in [-0.4, -0.2) is 25.8 Å². The van der Waals surface area contributed by atoms with Crippen LogP contribution in [0.2, 0.25) is 10.2 Å². The number of nitrogens with zero attached hydrogens (tertiary/aromatic N) is 4.